The van der Waals surface area contributed by atoms with Gasteiger partial charge in [-0.1, -0.05) is 38.0 Å². The molecule has 0 atom stereocenters. The zero-order chi connectivity index (χ0) is 15.1. The molecule has 116 valence electrons. The first-order chi connectivity index (χ1) is 10.3. The molecule has 21 heavy (non-hydrogen) atoms. The average molecular weight is 288 g/mol. The fraction of sp³-hybridized carbons (Fsp3) is 0.611. The lowest BCUT2D eigenvalue weighted by molar-refractivity contribution is -0.117. The number of hydrogen-bond acceptors (Lipinski definition) is 2. The van der Waals surface area contributed by atoms with Gasteiger partial charge in [0.15, 0.2) is 0 Å². The summed E-state index contributed by atoms with van der Waals surface area (Å²) in [6.45, 7) is 8.97. The van der Waals surface area contributed by atoms with Gasteiger partial charge in [0.25, 0.3) is 0 Å². The summed E-state index contributed by atoms with van der Waals surface area (Å²) in [7, 11) is 0. The predicted molar refractivity (Wildman–Crippen MR) is 88.8 cm³/mol. The Bertz CT molecular complexity index is 450. The molecule has 3 rings (SSSR count). The van der Waals surface area contributed by atoms with Gasteiger partial charge < -0.3 is 9.80 Å². The zero-order valence-corrected chi connectivity index (χ0v) is 13.5. The zero-order valence-electron chi connectivity index (χ0n) is 13.5. The number of carbonyl (C=O) groups is 1. The smallest absolute Gasteiger partial charge is 0.231 e. The number of rotatable bonds is 2. The van der Waals surface area contributed by atoms with Gasteiger partial charge in [-0.05, 0) is 51.0 Å². The molecule has 1 aromatic rings. The second-order valence-electron chi connectivity index (χ2n) is 5.79. The first kappa shape index (κ1) is 16.0. The number of amides is 1. The Morgan fingerprint density at radius 1 is 0.952 bits per heavy atom. The van der Waals surface area contributed by atoms with E-state index in [1.807, 2.05) is 36.1 Å². The molecular weight excluding hydrogens is 260 g/mol. The molecule has 1 fully saturated rings. The number of para-hydroxylation sites is 1. The fourth-order valence-electron chi connectivity index (χ4n) is 3.12. The third-order valence-electron chi connectivity index (χ3n) is 4.39. The molecular formula is C18H28N2O. The van der Waals surface area contributed by atoms with Crippen LogP contribution < -0.4 is 4.90 Å². The largest absolute Gasteiger partial charge is 0.312 e. The van der Waals surface area contributed by atoms with E-state index >= 15 is 0 Å². The molecule has 1 aromatic carbocycles. The number of carbonyl (C=O) groups excluding carboxylic acids is 1. The molecule has 2 aliphatic rings. The van der Waals surface area contributed by atoms with Crippen LogP contribution in [-0.2, 0) is 11.2 Å². The van der Waals surface area contributed by atoms with Crippen molar-refractivity contribution in [2.75, 3.05) is 31.1 Å². The molecule has 0 saturated carbocycles. The minimum absolute atomic E-state index is 0.221. The summed E-state index contributed by atoms with van der Waals surface area (Å²) in [5.74, 6) is 0.221. The van der Waals surface area contributed by atoms with Crippen LogP contribution >= 0.6 is 0 Å². The van der Waals surface area contributed by atoms with E-state index in [2.05, 4.69) is 11.8 Å². The first-order valence-corrected chi connectivity index (χ1v) is 8.36. The van der Waals surface area contributed by atoms with Gasteiger partial charge in [-0.3, -0.25) is 4.79 Å². The molecule has 0 bridgehead atoms. The summed E-state index contributed by atoms with van der Waals surface area (Å²) < 4.78 is 0. The number of likely N-dealkylation sites (tertiary alicyclic amines) is 1. The Balaban J connectivity index is 0.000000161. The number of fused-ring (bicyclic) bond motifs is 1. The Kier molecular flexibility index (Phi) is 6.24. The van der Waals surface area contributed by atoms with E-state index in [0.29, 0.717) is 6.42 Å². The summed E-state index contributed by atoms with van der Waals surface area (Å²) in [5.41, 5.74) is 2.24. The maximum absolute atomic E-state index is 11.4. The van der Waals surface area contributed by atoms with Crippen LogP contribution in [0.25, 0.3) is 0 Å². The lowest BCUT2D eigenvalue weighted by Gasteiger charge is -2.15. The van der Waals surface area contributed by atoms with E-state index in [0.717, 1.165) is 17.8 Å². The number of anilines is 1. The summed E-state index contributed by atoms with van der Waals surface area (Å²) in [5, 5.41) is 0. The van der Waals surface area contributed by atoms with Gasteiger partial charge >= 0.3 is 0 Å². The van der Waals surface area contributed by atoms with Crippen LogP contribution in [0.1, 0.15) is 45.1 Å². The van der Waals surface area contributed by atoms with E-state index in [1.165, 1.54) is 45.3 Å². The van der Waals surface area contributed by atoms with Crippen LogP contribution in [0.5, 0.6) is 0 Å². The fourth-order valence-corrected chi connectivity index (χ4v) is 3.12. The molecule has 2 aliphatic heterocycles. The van der Waals surface area contributed by atoms with Crippen molar-refractivity contribution in [3.63, 3.8) is 0 Å². The van der Waals surface area contributed by atoms with Crippen molar-refractivity contribution in [2.45, 2.75) is 46.0 Å². The van der Waals surface area contributed by atoms with Gasteiger partial charge in [0.1, 0.15) is 0 Å². The minimum atomic E-state index is 0.221. The predicted octanol–water partition coefficient (Wildman–Crippen LogP) is 3.48. The van der Waals surface area contributed by atoms with E-state index < -0.39 is 0 Å². The SMILES string of the molecule is CCN1C(=O)Cc2ccccc21.CCN1CCCCCC1. The standard InChI is InChI=1S/C10H11NO.C8H17N/c1-2-11-9-6-4-3-5-8(9)7-10(11)12;1-2-9-7-5-3-4-6-8-9/h3-6H,2,7H2,1H3;2-8H2,1H3. The van der Waals surface area contributed by atoms with E-state index in [4.69, 9.17) is 0 Å². The first-order valence-electron chi connectivity index (χ1n) is 8.36. The van der Waals surface area contributed by atoms with Crippen molar-refractivity contribution < 1.29 is 4.79 Å². The maximum atomic E-state index is 11.4. The van der Waals surface area contributed by atoms with Crippen LogP contribution in [0.3, 0.4) is 0 Å². The molecule has 0 aliphatic carbocycles. The number of benzene rings is 1. The minimum Gasteiger partial charge on any atom is -0.312 e. The molecule has 1 amide bonds. The van der Waals surface area contributed by atoms with Crippen molar-refractivity contribution >= 4 is 11.6 Å². The summed E-state index contributed by atoms with van der Waals surface area (Å²) in [4.78, 5) is 15.8. The highest BCUT2D eigenvalue weighted by atomic mass is 16.2. The van der Waals surface area contributed by atoms with Crippen molar-refractivity contribution in [3.8, 4) is 0 Å². The van der Waals surface area contributed by atoms with Crippen molar-refractivity contribution in [3.05, 3.63) is 29.8 Å². The quantitative estimate of drug-likeness (QED) is 0.832. The summed E-state index contributed by atoms with van der Waals surface area (Å²) in [6, 6.07) is 7.97. The second kappa shape index (κ2) is 8.18. The van der Waals surface area contributed by atoms with Gasteiger partial charge in [0, 0.05) is 12.2 Å². The summed E-state index contributed by atoms with van der Waals surface area (Å²) in [6.07, 6.45) is 6.33. The van der Waals surface area contributed by atoms with E-state index in [9.17, 15) is 4.79 Å². The van der Waals surface area contributed by atoms with E-state index in [-0.39, 0.29) is 5.91 Å². The van der Waals surface area contributed by atoms with Crippen LogP contribution in [0.2, 0.25) is 0 Å². The Morgan fingerprint density at radius 3 is 2.24 bits per heavy atom. The van der Waals surface area contributed by atoms with Gasteiger partial charge in [-0.25, -0.2) is 0 Å². The molecule has 2 heterocycles. The van der Waals surface area contributed by atoms with Gasteiger partial charge in [0.05, 0.1) is 6.42 Å². The molecule has 0 unspecified atom stereocenters. The van der Waals surface area contributed by atoms with Gasteiger partial charge in [0.2, 0.25) is 5.91 Å². The molecule has 1 saturated heterocycles. The van der Waals surface area contributed by atoms with Crippen LogP contribution in [0.4, 0.5) is 5.69 Å². The third-order valence-corrected chi connectivity index (χ3v) is 4.39. The molecule has 3 nitrogen and oxygen atoms in total. The second-order valence-corrected chi connectivity index (χ2v) is 5.79. The number of likely N-dealkylation sites (N-methyl/N-ethyl adjacent to an activating group) is 1. The lowest BCUT2D eigenvalue weighted by Crippen LogP contribution is -2.25. The normalized spacial score (nSPS) is 18.8. The average Bonchev–Trinajstić information content (AvgIpc) is 2.68. The third kappa shape index (κ3) is 4.31. The van der Waals surface area contributed by atoms with Crippen molar-refractivity contribution in [1.82, 2.24) is 4.90 Å². The monoisotopic (exact) mass is 288 g/mol. The molecule has 0 radical (unpaired) electrons. The topological polar surface area (TPSA) is 23.6 Å². The van der Waals surface area contributed by atoms with Crippen LogP contribution in [0.15, 0.2) is 24.3 Å². The molecule has 3 heteroatoms. The van der Waals surface area contributed by atoms with Gasteiger partial charge in [-0.2, -0.15) is 0 Å². The van der Waals surface area contributed by atoms with E-state index in [1.54, 1.807) is 0 Å². The van der Waals surface area contributed by atoms with Crippen molar-refractivity contribution in [2.24, 2.45) is 0 Å². The van der Waals surface area contributed by atoms with Gasteiger partial charge in [-0.15, -0.1) is 0 Å². The Hall–Kier alpha value is -1.35. The lowest BCUT2D eigenvalue weighted by atomic mass is 10.2. The number of hydrogen-bond donors (Lipinski definition) is 0. The maximum Gasteiger partial charge on any atom is 0.231 e. The highest BCUT2D eigenvalue weighted by Gasteiger charge is 2.24. The van der Waals surface area contributed by atoms with Crippen LogP contribution in [0, 0.1) is 0 Å². The van der Waals surface area contributed by atoms with Crippen molar-refractivity contribution in [1.29, 1.82) is 0 Å². The Morgan fingerprint density at radius 2 is 1.62 bits per heavy atom. The summed E-state index contributed by atoms with van der Waals surface area (Å²) >= 11 is 0. The molecule has 0 spiro atoms. The van der Waals surface area contributed by atoms with Crippen LogP contribution in [-0.4, -0.2) is 37.0 Å². The molecule has 0 N–H and O–H groups in total. The highest BCUT2D eigenvalue weighted by molar-refractivity contribution is 6.01. The Labute approximate surface area is 128 Å². The molecule has 0 aromatic heterocycles. The highest BCUT2D eigenvalue weighted by Crippen LogP contribution is 2.27. The number of nitrogens with zero attached hydrogens (tertiary/aromatic N) is 2.